The molecule has 1 aliphatic rings. The average Bonchev–Trinajstić information content (AvgIpc) is 2.18. The molecule has 0 bridgehead atoms. The molecule has 4 unspecified atom stereocenters. The molecule has 4 N–H and O–H groups in total. The Morgan fingerprint density at radius 2 is 2.07 bits per heavy atom. The van der Waals surface area contributed by atoms with Gasteiger partial charge in [0, 0.05) is 12.8 Å². The second-order valence-electron chi connectivity index (χ2n) is 3.82. The fourth-order valence-electron chi connectivity index (χ4n) is 1.70. The van der Waals surface area contributed by atoms with Crippen LogP contribution >= 0.6 is 0 Å². The van der Waals surface area contributed by atoms with Gasteiger partial charge >= 0.3 is 0 Å². The van der Waals surface area contributed by atoms with E-state index in [9.17, 15) is 15.0 Å². The summed E-state index contributed by atoms with van der Waals surface area (Å²) in [5.74, 6) is -0.702. The lowest BCUT2D eigenvalue weighted by Crippen LogP contribution is -2.60. The Morgan fingerprint density at radius 1 is 1.47 bits per heavy atom. The molecule has 0 aromatic heterocycles. The number of aliphatic hydroxyl groups excluding tert-OH is 3. The van der Waals surface area contributed by atoms with Gasteiger partial charge in [-0.1, -0.05) is 6.92 Å². The fraction of sp³-hybridized carbons (Fsp3) is 0.889. The molecule has 5 atom stereocenters. The first-order valence-electron chi connectivity index (χ1n) is 4.87. The number of rotatable bonds is 2. The molecule has 6 heteroatoms. The van der Waals surface area contributed by atoms with Gasteiger partial charge < -0.3 is 25.4 Å². The summed E-state index contributed by atoms with van der Waals surface area (Å²) in [6.07, 6.45) is -2.84. The Bertz CT molecular complexity index is 235. The van der Waals surface area contributed by atoms with Gasteiger partial charge in [0.05, 0.1) is 18.8 Å². The van der Waals surface area contributed by atoms with E-state index in [0.29, 0.717) is 0 Å². The molecule has 1 saturated heterocycles. The molecule has 1 fully saturated rings. The molecule has 0 saturated carbocycles. The summed E-state index contributed by atoms with van der Waals surface area (Å²) in [7, 11) is 0. The molecular weight excluding hydrogens is 202 g/mol. The predicted octanol–water partition coefficient (Wildman–Crippen LogP) is -1.80. The van der Waals surface area contributed by atoms with Crippen molar-refractivity contribution >= 4 is 5.91 Å². The van der Waals surface area contributed by atoms with E-state index in [-0.39, 0.29) is 18.4 Å². The fourth-order valence-corrected chi connectivity index (χ4v) is 1.70. The quantitative estimate of drug-likeness (QED) is 0.439. The van der Waals surface area contributed by atoms with Gasteiger partial charge in [-0.25, -0.2) is 0 Å². The van der Waals surface area contributed by atoms with Crippen LogP contribution in [0.15, 0.2) is 0 Å². The number of amides is 1. The topological polar surface area (TPSA) is 99.0 Å². The lowest BCUT2D eigenvalue weighted by Gasteiger charge is -2.41. The molecule has 88 valence electrons. The lowest BCUT2D eigenvalue weighted by atomic mass is 9.89. The molecule has 0 aliphatic carbocycles. The second kappa shape index (κ2) is 4.89. The van der Waals surface area contributed by atoms with Gasteiger partial charge in [-0.3, -0.25) is 4.79 Å². The van der Waals surface area contributed by atoms with Crippen LogP contribution in [-0.4, -0.2) is 52.4 Å². The number of ether oxygens (including phenoxy) is 1. The van der Waals surface area contributed by atoms with Crippen LogP contribution in [0.25, 0.3) is 0 Å². The van der Waals surface area contributed by atoms with E-state index in [1.54, 1.807) is 6.92 Å². The number of hydrogen-bond acceptors (Lipinski definition) is 5. The maximum absolute atomic E-state index is 10.8. The Hall–Kier alpha value is -0.690. The molecule has 0 spiro atoms. The number of nitrogens with one attached hydrogen (secondary N) is 1. The number of carbonyl (C=O) groups excluding carboxylic acids is 1. The summed E-state index contributed by atoms with van der Waals surface area (Å²) in [5.41, 5.74) is 0. The normalized spacial score (nSPS) is 41.3. The van der Waals surface area contributed by atoms with Crippen molar-refractivity contribution in [1.82, 2.24) is 5.32 Å². The maximum Gasteiger partial charge on any atom is 0.217 e. The van der Waals surface area contributed by atoms with Crippen LogP contribution in [0.4, 0.5) is 0 Å². The molecule has 1 rings (SSSR count). The molecule has 0 radical (unpaired) electrons. The molecule has 0 aromatic rings. The summed E-state index contributed by atoms with van der Waals surface area (Å²) in [6.45, 7) is 2.70. The summed E-state index contributed by atoms with van der Waals surface area (Å²) in [6, 6.07) is -0.847. The van der Waals surface area contributed by atoms with Crippen molar-refractivity contribution < 1.29 is 24.9 Å². The van der Waals surface area contributed by atoms with Gasteiger partial charge in [-0.05, 0) is 0 Å². The van der Waals surface area contributed by atoms with E-state index in [0.717, 1.165) is 0 Å². The van der Waals surface area contributed by atoms with E-state index in [1.165, 1.54) is 6.92 Å². The highest BCUT2D eigenvalue weighted by molar-refractivity contribution is 5.73. The van der Waals surface area contributed by atoms with E-state index in [1.807, 2.05) is 0 Å². The predicted molar refractivity (Wildman–Crippen MR) is 50.7 cm³/mol. The monoisotopic (exact) mass is 219 g/mol. The Morgan fingerprint density at radius 3 is 2.53 bits per heavy atom. The SMILES string of the molecule is CC(=O)NC1C(O)OC(CO)[C@@H](C)C1O. The van der Waals surface area contributed by atoms with Crippen LogP contribution in [0.2, 0.25) is 0 Å². The minimum absolute atomic E-state index is 0.276. The van der Waals surface area contributed by atoms with Crippen molar-refractivity contribution in [2.75, 3.05) is 6.61 Å². The lowest BCUT2D eigenvalue weighted by molar-refractivity contribution is -0.235. The van der Waals surface area contributed by atoms with Crippen molar-refractivity contribution in [3.63, 3.8) is 0 Å². The Balaban J connectivity index is 2.70. The van der Waals surface area contributed by atoms with E-state index < -0.39 is 24.5 Å². The summed E-state index contributed by atoms with van der Waals surface area (Å²) < 4.78 is 5.06. The highest BCUT2D eigenvalue weighted by Crippen LogP contribution is 2.24. The number of aliphatic hydroxyl groups is 3. The first kappa shape index (κ1) is 12.4. The standard InChI is InChI=1S/C9H17NO5/c1-4-6(3-11)15-9(14)7(8(4)13)10-5(2)12/h4,6-9,11,13-14H,3H2,1-2H3,(H,10,12)/t4-,6?,7?,8?,9?/m1/s1. The van der Waals surface area contributed by atoms with Crippen LogP contribution in [-0.2, 0) is 9.53 Å². The molecule has 0 aromatic carbocycles. The van der Waals surface area contributed by atoms with Crippen LogP contribution in [0.5, 0.6) is 0 Å². The van der Waals surface area contributed by atoms with Crippen LogP contribution in [0.1, 0.15) is 13.8 Å². The van der Waals surface area contributed by atoms with Crippen LogP contribution in [0, 0.1) is 5.92 Å². The van der Waals surface area contributed by atoms with Gasteiger partial charge in [0.15, 0.2) is 6.29 Å². The van der Waals surface area contributed by atoms with E-state index in [4.69, 9.17) is 9.84 Å². The minimum Gasteiger partial charge on any atom is -0.394 e. The molecular formula is C9H17NO5. The number of hydrogen-bond donors (Lipinski definition) is 4. The third-order valence-corrected chi connectivity index (χ3v) is 2.66. The van der Waals surface area contributed by atoms with Crippen LogP contribution in [0.3, 0.4) is 0 Å². The molecule has 1 heterocycles. The zero-order chi connectivity index (χ0) is 11.6. The van der Waals surface area contributed by atoms with Gasteiger partial charge in [-0.2, -0.15) is 0 Å². The van der Waals surface area contributed by atoms with Crippen molar-refractivity contribution in [2.24, 2.45) is 5.92 Å². The second-order valence-corrected chi connectivity index (χ2v) is 3.82. The minimum atomic E-state index is -1.29. The highest BCUT2D eigenvalue weighted by atomic mass is 16.6. The first-order chi connectivity index (χ1) is 6.97. The Labute approximate surface area is 87.9 Å². The summed E-state index contributed by atoms with van der Waals surface area (Å²) >= 11 is 0. The molecule has 15 heavy (non-hydrogen) atoms. The smallest absolute Gasteiger partial charge is 0.217 e. The molecule has 1 amide bonds. The zero-order valence-electron chi connectivity index (χ0n) is 8.75. The first-order valence-corrected chi connectivity index (χ1v) is 4.87. The highest BCUT2D eigenvalue weighted by Gasteiger charge is 2.42. The third kappa shape index (κ3) is 2.66. The molecule has 6 nitrogen and oxygen atoms in total. The van der Waals surface area contributed by atoms with E-state index >= 15 is 0 Å². The van der Waals surface area contributed by atoms with E-state index in [2.05, 4.69) is 5.32 Å². The Kier molecular flexibility index (Phi) is 4.04. The molecule has 1 aliphatic heterocycles. The van der Waals surface area contributed by atoms with Crippen LogP contribution < -0.4 is 5.32 Å². The van der Waals surface area contributed by atoms with Gasteiger partial charge in [0.2, 0.25) is 5.91 Å². The largest absolute Gasteiger partial charge is 0.394 e. The average molecular weight is 219 g/mol. The van der Waals surface area contributed by atoms with Crippen molar-refractivity contribution in [2.45, 2.75) is 38.4 Å². The van der Waals surface area contributed by atoms with Gasteiger partial charge in [0.1, 0.15) is 6.04 Å². The van der Waals surface area contributed by atoms with Crippen molar-refractivity contribution in [3.8, 4) is 0 Å². The summed E-state index contributed by atoms with van der Waals surface area (Å²) in [4.78, 5) is 10.8. The van der Waals surface area contributed by atoms with Gasteiger partial charge in [0.25, 0.3) is 0 Å². The third-order valence-electron chi connectivity index (χ3n) is 2.66. The number of carbonyl (C=O) groups is 1. The maximum atomic E-state index is 10.8. The zero-order valence-corrected chi connectivity index (χ0v) is 8.75. The summed E-state index contributed by atoms with van der Waals surface area (Å²) in [5, 5.41) is 30.6. The van der Waals surface area contributed by atoms with Gasteiger partial charge in [-0.15, -0.1) is 0 Å². The van der Waals surface area contributed by atoms with Crippen molar-refractivity contribution in [1.29, 1.82) is 0 Å². The van der Waals surface area contributed by atoms with Crippen molar-refractivity contribution in [3.05, 3.63) is 0 Å².